The Labute approximate surface area is 138 Å². The van der Waals surface area contributed by atoms with Crippen LogP contribution in [0.3, 0.4) is 0 Å². The van der Waals surface area contributed by atoms with Crippen LogP contribution in [-0.4, -0.2) is 25.1 Å². The van der Waals surface area contributed by atoms with Gasteiger partial charge in [0, 0.05) is 19.6 Å². The number of methoxy groups -OCH3 is 1. The van der Waals surface area contributed by atoms with Gasteiger partial charge in [-0.05, 0) is 35.3 Å². The molecule has 0 bridgehead atoms. The standard InChI is InChI=1S/C21H23NO/c1-23-21-11-9-18(10-12-21)7-8-19-13-15-22(16-14-19)17-20-5-3-2-4-6-20/h2-13H,14-17H2,1H3/b8-7+. The van der Waals surface area contributed by atoms with Crippen molar-refractivity contribution in [3.05, 3.63) is 83.4 Å². The van der Waals surface area contributed by atoms with Crippen LogP contribution < -0.4 is 4.74 Å². The highest BCUT2D eigenvalue weighted by Crippen LogP contribution is 2.17. The second-order valence-corrected chi connectivity index (χ2v) is 5.86. The van der Waals surface area contributed by atoms with Crippen molar-refractivity contribution in [2.75, 3.05) is 20.2 Å². The summed E-state index contributed by atoms with van der Waals surface area (Å²) in [6, 6.07) is 18.8. The van der Waals surface area contributed by atoms with E-state index in [2.05, 4.69) is 65.6 Å². The first-order valence-electron chi connectivity index (χ1n) is 8.11. The number of hydrogen-bond donors (Lipinski definition) is 0. The van der Waals surface area contributed by atoms with Gasteiger partial charge in [0.2, 0.25) is 0 Å². The van der Waals surface area contributed by atoms with Crippen LogP contribution >= 0.6 is 0 Å². The Bertz CT molecular complexity index is 671. The Morgan fingerprint density at radius 1 is 1.00 bits per heavy atom. The summed E-state index contributed by atoms with van der Waals surface area (Å²) in [6.45, 7) is 3.18. The SMILES string of the molecule is COc1ccc(/C=C/C2=CCN(Cc3ccccc3)CC2)cc1. The van der Waals surface area contributed by atoms with E-state index in [9.17, 15) is 0 Å². The minimum Gasteiger partial charge on any atom is -0.497 e. The lowest BCUT2D eigenvalue weighted by Crippen LogP contribution is -2.27. The van der Waals surface area contributed by atoms with Crippen LogP contribution in [0.1, 0.15) is 17.5 Å². The number of allylic oxidation sites excluding steroid dienone is 1. The van der Waals surface area contributed by atoms with Crippen molar-refractivity contribution >= 4 is 6.08 Å². The van der Waals surface area contributed by atoms with E-state index >= 15 is 0 Å². The lowest BCUT2D eigenvalue weighted by molar-refractivity contribution is 0.287. The molecule has 2 heteroatoms. The highest BCUT2D eigenvalue weighted by atomic mass is 16.5. The molecule has 2 aromatic carbocycles. The maximum atomic E-state index is 5.18. The maximum Gasteiger partial charge on any atom is 0.118 e. The largest absolute Gasteiger partial charge is 0.497 e. The van der Waals surface area contributed by atoms with Crippen molar-refractivity contribution in [2.45, 2.75) is 13.0 Å². The van der Waals surface area contributed by atoms with Crippen molar-refractivity contribution in [3.8, 4) is 5.75 Å². The van der Waals surface area contributed by atoms with Crippen molar-refractivity contribution in [3.63, 3.8) is 0 Å². The smallest absolute Gasteiger partial charge is 0.118 e. The molecule has 0 radical (unpaired) electrons. The summed E-state index contributed by atoms with van der Waals surface area (Å²) in [5.74, 6) is 0.899. The Morgan fingerprint density at radius 3 is 2.43 bits per heavy atom. The molecule has 1 aliphatic heterocycles. The third-order valence-electron chi connectivity index (χ3n) is 4.18. The zero-order valence-corrected chi connectivity index (χ0v) is 13.6. The normalized spacial score (nSPS) is 15.6. The van der Waals surface area contributed by atoms with Crippen LogP contribution in [0.4, 0.5) is 0 Å². The monoisotopic (exact) mass is 305 g/mol. The van der Waals surface area contributed by atoms with Crippen molar-refractivity contribution in [1.82, 2.24) is 4.90 Å². The molecule has 23 heavy (non-hydrogen) atoms. The molecular weight excluding hydrogens is 282 g/mol. The Hall–Kier alpha value is -2.32. The predicted octanol–water partition coefficient (Wildman–Crippen LogP) is 4.54. The van der Waals surface area contributed by atoms with Crippen molar-refractivity contribution in [2.24, 2.45) is 0 Å². The second kappa shape index (κ2) is 7.80. The highest BCUT2D eigenvalue weighted by Gasteiger charge is 2.10. The molecule has 2 aromatic rings. The number of nitrogens with zero attached hydrogens (tertiary/aromatic N) is 1. The molecule has 0 fully saturated rings. The number of benzene rings is 2. The molecule has 1 heterocycles. The van der Waals surface area contributed by atoms with E-state index in [4.69, 9.17) is 4.74 Å². The van der Waals surface area contributed by atoms with Crippen molar-refractivity contribution < 1.29 is 4.74 Å². The lowest BCUT2D eigenvalue weighted by Gasteiger charge is -2.25. The summed E-state index contributed by atoms with van der Waals surface area (Å²) < 4.78 is 5.18. The summed E-state index contributed by atoms with van der Waals surface area (Å²) in [5, 5.41) is 0. The average molecular weight is 305 g/mol. The molecular formula is C21H23NO. The molecule has 0 aliphatic carbocycles. The van der Waals surface area contributed by atoms with Gasteiger partial charge in [-0.3, -0.25) is 4.90 Å². The first kappa shape index (κ1) is 15.6. The summed E-state index contributed by atoms with van der Waals surface area (Å²) in [4.78, 5) is 2.49. The van der Waals surface area contributed by atoms with E-state index in [1.54, 1.807) is 7.11 Å². The van der Waals surface area contributed by atoms with Gasteiger partial charge in [0.25, 0.3) is 0 Å². The van der Waals surface area contributed by atoms with Gasteiger partial charge in [0.1, 0.15) is 5.75 Å². The van der Waals surface area contributed by atoms with Gasteiger partial charge in [0.05, 0.1) is 7.11 Å². The van der Waals surface area contributed by atoms with Crippen LogP contribution in [0, 0.1) is 0 Å². The minimum absolute atomic E-state index is 0.899. The average Bonchev–Trinajstić information content (AvgIpc) is 2.62. The minimum atomic E-state index is 0.899. The summed E-state index contributed by atoms with van der Waals surface area (Å²) >= 11 is 0. The molecule has 0 spiro atoms. The van der Waals surface area contributed by atoms with Crippen LogP contribution in [0.15, 0.2) is 72.3 Å². The topological polar surface area (TPSA) is 12.5 Å². The lowest BCUT2D eigenvalue weighted by atomic mass is 10.1. The quantitative estimate of drug-likeness (QED) is 0.804. The fraction of sp³-hybridized carbons (Fsp3) is 0.238. The Kier molecular flexibility index (Phi) is 5.28. The predicted molar refractivity (Wildman–Crippen MR) is 96.4 cm³/mol. The van der Waals surface area contributed by atoms with Gasteiger partial charge in [-0.1, -0.05) is 60.7 Å². The summed E-state index contributed by atoms with van der Waals surface area (Å²) in [7, 11) is 1.69. The zero-order chi connectivity index (χ0) is 15.9. The maximum absolute atomic E-state index is 5.18. The second-order valence-electron chi connectivity index (χ2n) is 5.86. The molecule has 0 unspecified atom stereocenters. The first-order valence-corrected chi connectivity index (χ1v) is 8.11. The van der Waals surface area contributed by atoms with Gasteiger partial charge in [0.15, 0.2) is 0 Å². The molecule has 3 rings (SSSR count). The zero-order valence-electron chi connectivity index (χ0n) is 13.6. The fourth-order valence-corrected chi connectivity index (χ4v) is 2.78. The van der Waals surface area contributed by atoms with Crippen LogP contribution in [-0.2, 0) is 6.54 Å². The van der Waals surface area contributed by atoms with Crippen LogP contribution in [0.25, 0.3) is 6.08 Å². The third-order valence-corrected chi connectivity index (χ3v) is 4.18. The molecule has 2 nitrogen and oxygen atoms in total. The molecule has 0 amide bonds. The van der Waals surface area contributed by atoms with Crippen LogP contribution in [0.5, 0.6) is 5.75 Å². The Morgan fingerprint density at radius 2 is 1.78 bits per heavy atom. The molecule has 1 aliphatic rings. The van der Waals surface area contributed by atoms with E-state index in [1.165, 1.54) is 16.7 Å². The van der Waals surface area contributed by atoms with Crippen LogP contribution in [0.2, 0.25) is 0 Å². The third kappa shape index (κ3) is 4.57. The van der Waals surface area contributed by atoms with Gasteiger partial charge >= 0.3 is 0 Å². The fourth-order valence-electron chi connectivity index (χ4n) is 2.78. The van der Waals surface area contributed by atoms with Crippen molar-refractivity contribution in [1.29, 1.82) is 0 Å². The molecule has 0 atom stereocenters. The summed E-state index contributed by atoms with van der Waals surface area (Å²) in [6.07, 6.45) is 7.87. The van der Waals surface area contributed by atoms with E-state index < -0.39 is 0 Å². The molecule has 0 saturated carbocycles. The van der Waals surface area contributed by atoms with Gasteiger partial charge in [-0.2, -0.15) is 0 Å². The number of rotatable bonds is 5. The summed E-state index contributed by atoms with van der Waals surface area (Å²) in [5.41, 5.74) is 4.02. The van der Waals surface area contributed by atoms with E-state index in [-0.39, 0.29) is 0 Å². The molecule has 0 saturated heterocycles. The highest BCUT2D eigenvalue weighted by molar-refractivity contribution is 5.54. The van der Waals surface area contributed by atoms with E-state index in [1.807, 2.05) is 12.1 Å². The Balaban J connectivity index is 1.55. The van der Waals surface area contributed by atoms with Gasteiger partial charge < -0.3 is 4.74 Å². The molecule has 118 valence electrons. The van der Waals surface area contributed by atoms with Gasteiger partial charge in [-0.15, -0.1) is 0 Å². The first-order chi connectivity index (χ1) is 11.3. The number of hydrogen-bond acceptors (Lipinski definition) is 2. The van der Waals surface area contributed by atoms with E-state index in [0.29, 0.717) is 0 Å². The van der Waals surface area contributed by atoms with E-state index in [0.717, 1.165) is 31.8 Å². The molecule has 0 aromatic heterocycles. The van der Waals surface area contributed by atoms with Gasteiger partial charge in [-0.25, -0.2) is 0 Å². The number of ether oxygens (including phenoxy) is 1. The molecule has 0 N–H and O–H groups in total.